The van der Waals surface area contributed by atoms with Crippen molar-refractivity contribution in [3.05, 3.63) is 24.3 Å². The van der Waals surface area contributed by atoms with E-state index in [1.807, 2.05) is 26.6 Å². The minimum atomic E-state index is -2.77. The summed E-state index contributed by atoms with van der Waals surface area (Å²) in [7, 11) is 2.42. The number of alkyl halides is 2. The van der Waals surface area contributed by atoms with Crippen LogP contribution in [0.5, 0.6) is 5.75 Å². The van der Waals surface area contributed by atoms with Gasteiger partial charge < -0.3 is 10.1 Å². The molecule has 1 saturated carbocycles. The van der Waals surface area contributed by atoms with Crippen LogP contribution in [0.1, 0.15) is 39.5 Å². The second-order valence-corrected chi connectivity index (χ2v) is 6.86. The molecular weight excluding hydrogens is 361 g/mol. The number of ether oxygens (including phenoxy) is 1. The van der Waals surface area contributed by atoms with E-state index in [2.05, 4.69) is 24.0 Å². The van der Waals surface area contributed by atoms with Gasteiger partial charge in [-0.1, -0.05) is 26.6 Å². The Balaban J connectivity index is 0.000000730. The van der Waals surface area contributed by atoms with Crippen molar-refractivity contribution in [3.63, 3.8) is 0 Å². The van der Waals surface area contributed by atoms with Gasteiger partial charge in [-0.05, 0) is 61.2 Å². The van der Waals surface area contributed by atoms with Gasteiger partial charge in [0.05, 0.1) is 0 Å². The van der Waals surface area contributed by atoms with Crippen LogP contribution in [-0.4, -0.2) is 32.4 Å². The average molecular weight is 392 g/mol. The number of benzene rings is 1. The highest BCUT2D eigenvalue weighted by atomic mass is 32.2. The van der Waals surface area contributed by atoms with Gasteiger partial charge in [-0.2, -0.15) is 8.78 Å². The summed E-state index contributed by atoms with van der Waals surface area (Å²) in [6.45, 7) is 5.48. The van der Waals surface area contributed by atoms with Gasteiger partial charge in [0.2, 0.25) is 0 Å². The molecule has 0 radical (unpaired) electrons. The third-order valence-electron chi connectivity index (χ3n) is 4.42. The fourth-order valence-corrected chi connectivity index (χ4v) is 3.91. The molecule has 2 aliphatic rings. The Labute approximate surface area is 157 Å². The van der Waals surface area contributed by atoms with E-state index < -0.39 is 6.61 Å². The molecule has 2 fully saturated rings. The fourth-order valence-electron chi connectivity index (χ4n) is 3.05. The number of rotatable bonds is 5. The van der Waals surface area contributed by atoms with E-state index >= 15 is 0 Å². The van der Waals surface area contributed by atoms with Gasteiger partial charge in [0, 0.05) is 24.0 Å². The number of nitrogens with one attached hydrogen (secondary N) is 2. The van der Waals surface area contributed by atoms with E-state index in [1.165, 1.54) is 50.7 Å². The summed E-state index contributed by atoms with van der Waals surface area (Å²) in [5, 5.41) is 3.37. The highest BCUT2D eigenvalue weighted by molar-refractivity contribution is 7.97. The molecule has 0 aromatic heterocycles. The summed E-state index contributed by atoms with van der Waals surface area (Å²) in [4.78, 5) is 0.902. The molecule has 0 bridgehead atoms. The molecule has 7 heteroatoms. The summed E-state index contributed by atoms with van der Waals surface area (Å²) in [6.07, 6.45) is 4.91. The fraction of sp³-hybridized carbons (Fsp3) is 0.667. The molecule has 144 valence electrons. The monoisotopic (exact) mass is 392 g/mol. The molecule has 1 aromatic carbocycles. The van der Waals surface area contributed by atoms with Crippen molar-refractivity contribution in [1.82, 2.24) is 10.0 Å². The van der Waals surface area contributed by atoms with Gasteiger partial charge in [-0.25, -0.2) is 0 Å². The Morgan fingerprint density at radius 1 is 1.24 bits per heavy atom. The largest absolute Gasteiger partial charge is 0.435 e. The van der Waals surface area contributed by atoms with Crippen molar-refractivity contribution in [2.24, 2.45) is 5.41 Å². The highest BCUT2D eigenvalue weighted by Gasteiger charge is 2.39. The molecule has 1 aromatic rings. The van der Waals surface area contributed by atoms with Gasteiger partial charge in [-0.15, -0.1) is 9.24 Å². The standard InChI is InChI=1S/C15H20F2N2OS.C2H6.CH5P/c16-14(17)20-12-2-1-3-13(8-12)21-19-11-4-6-15(7-5-11)9-18-10-15;2*1-2/h1-3,8,11,14,18-19H,4-7,9-10H2;1-2H3;2H2,1H3. The van der Waals surface area contributed by atoms with Crippen molar-refractivity contribution >= 4 is 21.2 Å². The Morgan fingerprint density at radius 2 is 1.88 bits per heavy atom. The van der Waals surface area contributed by atoms with Crippen molar-refractivity contribution < 1.29 is 13.5 Å². The molecule has 3 rings (SSSR count). The van der Waals surface area contributed by atoms with Crippen LogP contribution in [0.3, 0.4) is 0 Å². The maximum Gasteiger partial charge on any atom is 0.387 e. The van der Waals surface area contributed by atoms with Crippen LogP contribution in [0, 0.1) is 5.41 Å². The predicted octanol–water partition coefficient (Wildman–Crippen LogP) is 4.93. The number of hydrogen-bond acceptors (Lipinski definition) is 4. The molecule has 1 spiro atoms. The average Bonchev–Trinajstić information content (AvgIpc) is 2.62. The molecule has 25 heavy (non-hydrogen) atoms. The summed E-state index contributed by atoms with van der Waals surface area (Å²) in [5.74, 6) is 0.208. The maximum absolute atomic E-state index is 12.2. The van der Waals surface area contributed by atoms with Crippen LogP contribution in [0.2, 0.25) is 0 Å². The first kappa shape index (κ1) is 22.6. The summed E-state index contributed by atoms with van der Waals surface area (Å²) in [6, 6.07) is 7.32. The van der Waals surface area contributed by atoms with Crippen LogP contribution in [0.25, 0.3) is 0 Å². The molecule has 3 nitrogen and oxygen atoms in total. The number of halogens is 2. The maximum atomic E-state index is 12.2. The Bertz CT molecular complexity index is 480. The van der Waals surface area contributed by atoms with E-state index in [0.29, 0.717) is 11.5 Å². The van der Waals surface area contributed by atoms with E-state index in [-0.39, 0.29) is 5.75 Å². The SMILES string of the molecule is CC.CP.FC(F)Oc1cccc(SNC2CCC3(CC2)CNC3)c1. The summed E-state index contributed by atoms with van der Waals surface area (Å²) in [5.41, 5.74) is 0.563. The summed E-state index contributed by atoms with van der Waals surface area (Å²) >= 11 is 1.50. The lowest BCUT2D eigenvalue weighted by molar-refractivity contribution is -0.0499. The molecule has 1 unspecified atom stereocenters. The normalized spacial score (nSPS) is 18.5. The predicted molar refractivity (Wildman–Crippen MR) is 107 cm³/mol. The van der Waals surface area contributed by atoms with Crippen molar-refractivity contribution in [3.8, 4) is 5.75 Å². The summed E-state index contributed by atoms with van der Waals surface area (Å²) < 4.78 is 32.3. The van der Waals surface area contributed by atoms with Crippen LogP contribution in [0.4, 0.5) is 8.78 Å². The molecule has 0 amide bonds. The van der Waals surface area contributed by atoms with E-state index in [1.54, 1.807) is 18.2 Å². The van der Waals surface area contributed by atoms with Gasteiger partial charge in [-0.3, -0.25) is 4.72 Å². The molecule has 1 saturated heterocycles. The van der Waals surface area contributed by atoms with E-state index in [0.717, 1.165) is 4.90 Å². The molecular formula is C18H31F2N2OPS. The minimum absolute atomic E-state index is 0.208. The quantitative estimate of drug-likeness (QED) is 0.550. The minimum Gasteiger partial charge on any atom is -0.435 e. The second kappa shape index (κ2) is 12.1. The van der Waals surface area contributed by atoms with Gasteiger partial charge in [0.25, 0.3) is 0 Å². The van der Waals surface area contributed by atoms with Gasteiger partial charge in [0.1, 0.15) is 5.75 Å². The second-order valence-electron chi connectivity index (χ2n) is 5.95. The van der Waals surface area contributed by atoms with Crippen LogP contribution in [0.15, 0.2) is 29.2 Å². The van der Waals surface area contributed by atoms with E-state index in [4.69, 9.17) is 0 Å². The van der Waals surface area contributed by atoms with Gasteiger partial charge >= 0.3 is 6.61 Å². The molecule has 1 atom stereocenters. The van der Waals surface area contributed by atoms with Gasteiger partial charge in [0.15, 0.2) is 0 Å². The number of hydrogen-bond donors (Lipinski definition) is 2. The van der Waals surface area contributed by atoms with Crippen molar-refractivity contribution in [1.29, 1.82) is 0 Å². The molecule has 1 heterocycles. The first-order valence-corrected chi connectivity index (χ1v) is 10.9. The first-order valence-electron chi connectivity index (χ1n) is 8.91. The smallest absolute Gasteiger partial charge is 0.387 e. The van der Waals surface area contributed by atoms with Crippen molar-refractivity contribution in [2.75, 3.05) is 19.8 Å². The third kappa shape index (κ3) is 7.38. The highest BCUT2D eigenvalue weighted by Crippen LogP contribution is 2.40. The Hall–Kier alpha value is -0.420. The molecule has 2 N–H and O–H groups in total. The third-order valence-corrected chi connectivity index (χ3v) is 5.36. The molecule has 1 aliphatic heterocycles. The lowest BCUT2D eigenvalue weighted by Crippen LogP contribution is -2.56. The van der Waals surface area contributed by atoms with Crippen LogP contribution in [-0.2, 0) is 0 Å². The topological polar surface area (TPSA) is 33.3 Å². The van der Waals surface area contributed by atoms with Crippen LogP contribution < -0.4 is 14.8 Å². The lowest BCUT2D eigenvalue weighted by Gasteiger charge is -2.47. The van der Waals surface area contributed by atoms with Crippen molar-refractivity contribution in [2.45, 2.75) is 57.1 Å². The zero-order valence-electron chi connectivity index (χ0n) is 15.4. The Kier molecular flexibility index (Phi) is 10.9. The zero-order valence-corrected chi connectivity index (χ0v) is 17.3. The van der Waals surface area contributed by atoms with Crippen LogP contribution >= 0.6 is 21.2 Å². The zero-order chi connectivity index (χ0) is 18.7. The van der Waals surface area contributed by atoms with E-state index in [9.17, 15) is 8.78 Å². The molecule has 1 aliphatic carbocycles. The first-order chi connectivity index (χ1) is 12.2. The lowest BCUT2D eigenvalue weighted by atomic mass is 9.69. The Morgan fingerprint density at radius 3 is 2.40 bits per heavy atom.